The van der Waals surface area contributed by atoms with Gasteiger partial charge in [0.15, 0.2) is 0 Å². The number of hydrogen-bond donors (Lipinski definition) is 1. The Balaban J connectivity index is 1.72. The van der Waals surface area contributed by atoms with Crippen LogP contribution in [0.2, 0.25) is 0 Å². The number of amides is 1. The van der Waals surface area contributed by atoms with Crippen molar-refractivity contribution < 1.29 is 14.6 Å². The molecule has 20 heavy (non-hydrogen) atoms. The molecule has 2 heterocycles. The molecule has 1 amide bonds. The topological polar surface area (TPSA) is 49.8 Å². The number of likely N-dealkylation sites (tertiary alicyclic amines) is 1. The van der Waals surface area contributed by atoms with Crippen molar-refractivity contribution in [3.63, 3.8) is 0 Å². The average molecular weight is 275 g/mol. The fourth-order valence-corrected chi connectivity index (χ4v) is 3.17. The monoisotopic (exact) mass is 275 g/mol. The number of aliphatic hydroxyl groups is 1. The van der Waals surface area contributed by atoms with Gasteiger partial charge in [0.25, 0.3) is 5.91 Å². The zero-order chi connectivity index (χ0) is 13.9. The highest BCUT2D eigenvalue weighted by atomic mass is 16.5. The first-order valence-corrected chi connectivity index (χ1v) is 7.44. The number of ether oxygens (including phenoxy) is 1. The predicted molar refractivity (Wildman–Crippen MR) is 76.0 cm³/mol. The Kier molecular flexibility index (Phi) is 3.92. The molecule has 1 aromatic carbocycles. The van der Waals surface area contributed by atoms with Gasteiger partial charge in [0.1, 0.15) is 5.75 Å². The lowest BCUT2D eigenvalue weighted by atomic mass is 9.94. The molecule has 4 nitrogen and oxygen atoms in total. The number of carbonyl (C=O) groups is 1. The normalized spacial score (nSPS) is 21.4. The third-order valence-electron chi connectivity index (χ3n) is 4.28. The van der Waals surface area contributed by atoms with Gasteiger partial charge >= 0.3 is 0 Å². The van der Waals surface area contributed by atoms with Gasteiger partial charge in [0, 0.05) is 31.7 Å². The SMILES string of the molecule is O=C(c1ccc2c(c1)CCO2)N1CCCC(CCO)C1. The van der Waals surface area contributed by atoms with Gasteiger partial charge in [-0.25, -0.2) is 0 Å². The summed E-state index contributed by atoms with van der Waals surface area (Å²) in [6, 6.07) is 5.74. The van der Waals surface area contributed by atoms with E-state index in [0.717, 1.165) is 62.3 Å². The molecule has 0 spiro atoms. The van der Waals surface area contributed by atoms with Crippen molar-refractivity contribution in [3.8, 4) is 5.75 Å². The van der Waals surface area contributed by atoms with E-state index in [0.29, 0.717) is 5.92 Å². The third-order valence-corrected chi connectivity index (χ3v) is 4.28. The second-order valence-electron chi connectivity index (χ2n) is 5.69. The Morgan fingerprint density at radius 2 is 2.35 bits per heavy atom. The first kappa shape index (κ1) is 13.4. The molecule has 2 aliphatic rings. The summed E-state index contributed by atoms with van der Waals surface area (Å²) in [7, 11) is 0. The first-order chi connectivity index (χ1) is 9.78. The van der Waals surface area contributed by atoms with E-state index in [4.69, 9.17) is 9.84 Å². The number of benzene rings is 1. The molecule has 1 fully saturated rings. The third kappa shape index (κ3) is 2.66. The standard InChI is InChI=1S/C16H21NO3/c18-8-5-12-2-1-7-17(11-12)16(19)14-3-4-15-13(10-14)6-9-20-15/h3-4,10,12,18H,1-2,5-9,11H2. The van der Waals surface area contributed by atoms with Crippen molar-refractivity contribution in [1.29, 1.82) is 0 Å². The fraction of sp³-hybridized carbons (Fsp3) is 0.562. The summed E-state index contributed by atoms with van der Waals surface area (Å²) in [5.74, 6) is 1.47. The Hall–Kier alpha value is -1.55. The fourth-order valence-electron chi connectivity index (χ4n) is 3.17. The Morgan fingerprint density at radius 1 is 1.45 bits per heavy atom. The number of nitrogens with zero attached hydrogens (tertiary/aromatic N) is 1. The number of carbonyl (C=O) groups excluding carboxylic acids is 1. The van der Waals surface area contributed by atoms with Crippen molar-refractivity contribution in [2.45, 2.75) is 25.7 Å². The van der Waals surface area contributed by atoms with Crippen LogP contribution in [0, 0.1) is 5.92 Å². The summed E-state index contributed by atoms with van der Waals surface area (Å²) < 4.78 is 5.47. The number of aliphatic hydroxyl groups excluding tert-OH is 1. The van der Waals surface area contributed by atoms with E-state index in [9.17, 15) is 4.79 Å². The Bertz CT molecular complexity index is 498. The molecule has 4 heteroatoms. The Morgan fingerprint density at radius 3 is 3.20 bits per heavy atom. The van der Waals surface area contributed by atoms with Crippen LogP contribution in [-0.4, -0.2) is 42.2 Å². The molecule has 0 bridgehead atoms. The molecule has 108 valence electrons. The number of rotatable bonds is 3. The highest BCUT2D eigenvalue weighted by Crippen LogP contribution is 2.27. The van der Waals surface area contributed by atoms with E-state index in [-0.39, 0.29) is 12.5 Å². The van der Waals surface area contributed by atoms with E-state index >= 15 is 0 Å². The average Bonchev–Trinajstić information content (AvgIpc) is 2.94. The molecule has 0 radical (unpaired) electrons. The van der Waals surface area contributed by atoms with Crippen molar-refractivity contribution in [2.24, 2.45) is 5.92 Å². The van der Waals surface area contributed by atoms with Gasteiger partial charge in [0.05, 0.1) is 6.61 Å². The number of hydrogen-bond acceptors (Lipinski definition) is 3. The summed E-state index contributed by atoms with van der Waals surface area (Å²) in [6.45, 7) is 2.53. The summed E-state index contributed by atoms with van der Waals surface area (Å²) in [5.41, 5.74) is 1.90. The first-order valence-electron chi connectivity index (χ1n) is 7.44. The van der Waals surface area contributed by atoms with Crippen LogP contribution in [0.5, 0.6) is 5.75 Å². The van der Waals surface area contributed by atoms with Gasteiger partial charge in [-0.05, 0) is 48.9 Å². The lowest BCUT2D eigenvalue weighted by Gasteiger charge is -2.32. The van der Waals surface area contributed by atoms with Crippen molar-refractivity contribution in [1.82, 2.24) is 4.90 Å². The maximum Gasteiger partial charge on any atom is 0.253 e. The van der Waals surface area contributed by atoms with E-state index in [1.807, 2.05) is 23.1 Å². The van der Waals surface area contributed by atoms with E-state index < -0.39 is 0 Å². The van der Waals surface area contributed by atoms with E-state index in [2.05, 4.69) is 0 Å². The summed E-state index contributed by atoms with van der Waals surface area (Å²) >= 11 is 0. The van der Waals surface area contributed by atoms with Gasteiger partial charge < -0.3 is 14.7 Å². The molecule has 1 N–H and O–H groups in total. The van der Waals surface area contributed by atoms with Crippen LogP contribution in [0.3, 0.4) is 0 Å². The van der Waals surface area contributed by atoms with Gasteiger partial charge in [-0.3, -0.25) is 4.79 Å². The lowest BCUT2D eigenvalue weighted by Crippen LogP contribution is -2.40. The number of piperidine rings is 1. The van der Waals surface area contributed by atoms with Crippen LogP contribution in [0.25, 0.3) is 0 Å². The van der Waals surface area contributed by atoms with Crippen molar-refractivity contribution in [2.75, 3.05) is 26.3 Å². The maximum absolute atomic E-state index is 12.6. The number of fused-ring (bicyclic) bond motifs is 1. The highest BCUT2D eigenvalue weighted by molar-refractivity contribution is 5.94. The molecule has 0 aromatic heterocycles. The van der Waals surface area contributed by atoms with Gasteiger partial charge in [-0.15, -0.1) is 0 Å². The summed E-state index contributed by atoms with van der Waals surface area (Å²) in [5, 5.41) is 9.05. The van der Waals surface area contributed by atoms with Crippen LogP contribution < -0.4 is 4.74 Å². The van der Waals surface area contributed by atoms with Gasteiger partial charge in [-0.1, -0.05) is 0 Å². The van der Waals surface area contributed by atoms with E-state index in [1.165, 1.54) is 0 Å². The molecule has 3 rings (SSSR count). The molecule has 1 unspecified atom stereocenters. The molecule has 1 atom stereocenters. The Labute approximate surface area is 119 Å². The second-order valence-corrected chi connectivity index (χ2v) is 5.69. The van der Waals surface area contributed by atoms with Crippen LogP contribution in [0.4, 0.5) is 0 Å². The van der Waals surface area contributed by atoms with Gasteiger partial charge in [0.2, 0.25) is 0 Å². The predicted octanol–water partition coefficient (Wildman–Crippen LogP) is 1.86. The van der Waals surface area contributed by atoms with Crippen LogP contribution in [0.15, 0.2) is 18.2 Å². The zero-order valence-corrected chi connectivity index (χ0v) is 11.7. The smallest absolute Gasteiger partial charge is 0.253 e. The molecule has 2 aliphatic heterocycles. The molecule has 1 aromatic rings. The minimum Gasteiger partial charge on any atom is -0.493 e. The molecule has 0 aliphatic carbocycles. The summed E-state index contributed by atoms with van der Waals surface area (Å²) in [4.78, 5) is 14.5. The second kappa shape index (κ2) is 5.83. The largest absolute Gasteiger partial charge is 0.493 e. The van der Waals surface area contributed by atoms with Crippen LogP contribution >= 0.6 is 0 Å². The molecule has 1 saturated heterocycles. The van der Waals surface area contributed by atoms with Crippen molar-refractivity contribution >= 4 is 5.91 Å². The zero-order valence-electron chi connectivity index (χ0n) is 11.7. The molecular weight excluding hydrogens is 254 g/mol. The maximum atomic E-state index is 12.6. The minimum atomic E-state index is 0.113. The lowest BCUT2D eigenvalue weighted by molar-refractivity contribution is 0.0653. The van der Waals surface area contributed by atoms with Crippen LogP contribution in [-0.2, 0) is 6.42 Å². The minimum absolute atomic E-state index is 0.113. The quantitative estimate of drug-likeness (QED) is 0.916. The molecular formula is C16H21NO3. The highest BCUT2D eigenvalue weighted by Gasteiger charge is 2.25. The van der Waals surface area contributed by atoms with Crippen molar-refractivity contribution in [3.05, 3.63) is 29.3 Å². The van der Waals surface area contributed by atoms with E-state index in [1.54, 1.807) is 0 Å². The summed E-state index contributed by atoms with van der Waals surface area (Å²) in [6.07, 6.45) is 3.83. The molecule has 0 saturated carbocycles. The van der Waals surface area contributed by atoms with Crippen LogP contribution in [0.1, 0.15) is 35.2 Å². The van der Waals surface area contributed by atoms with Gasteiger partial charge in [-0.2, -0.15) is 0 Å².